The van der Waals surface area contributed by atoms with Gasteiger partial charge in [-0.25, -0.2) is 9.97 Å². The molecule has 1 unspecified atom stereocenters. The Labute approximate surface area is 125 Å². The van der Waals surface area contributed by atoms with E-state index in [-0.39, 0.29) is 6.10 Å². The van der Waals surface area contributed by atoms with E-state index < -0.39 is 0 Å². The second-order valence-corrected chi connectivity index (χ2v) is 5.65. The average Bonchev–Trinajstić information content (AvgIpc) is 2.41. The molecule has 2 heterocycles. The van der Waals surface area contributed by atoms with Crippen molar-refractivity contribution in [2.75, 3.05) is 38.6 Å². The molecular weight excluding hydrogens is 276 g/mol. The highest BCUT2D eigenvalue weighted by Crippen LogP contribution is 2.20. The van der Waals surface area contributed by atoms with E-state index in [0.717, 1.165) is 56.3 Å². The Hall–Kier alpha value is -0.910. The molecule has 1 aromatic rings. The summed E-state index contributed by atoms with van der Waals surface area (Å²) in [6.45, 7) is 7.50. The van der Waals surface area contributed by atoms with Crippen LogP contribution in [0.5, 0.6) is 0 Å². The zero-order valence-electron chi connectivity index (χ0n) is 12.4. The molecule has 1 saturated heterocycles. The summed E-state index contributed by atoms with van der Waals surface area (Å²) in [6, 6.07) is 0. The summed E-state index contributed by atoms with van der Waals surface area (Å²) in [6.07, 6.45) is 2.05. The lowest BCUT2D eigenvalue weighted by Crippen LogP contribution is -2.43. The summed E-state index contributed by atoms with van der Waals surface area (Å²) in [5.41, 5.74) is 0.899. The molecule has 112 valence electrons. The Balaban J connectivity index is 2.00. The van der Waals surface area contributed by atoms with Crippen LogP contribution in [-0.2, 0) is 11.2 Å². The van der Waals surface area contributed by atoms with E-state index in [9.17, 15) is 0 Å². The fourth-order valence-corrected chi connectivity index (χ4v) is 2.43. The van der Waals surface area contributed by atoms with E-state index in [1.807, 2.05) is 6.92 Å². The van der Waals surface area contributed by atoms with Crippen molar-refractivity contribution in [2.45, 2.75) is 32.8 Å². The van der Waals surface area contributed by atoms with Gasteiger partial charge in [0.2, 0.25) is 0 Å². The number of aryl methyl sites for hydroxylation is 1. The highest BCUT2D eigenvalue weighted by Gasteiger charge is 2.18. The standard InChI is InChI=1S/C14H23ClN4O/c1-4-5-12-17-13(15)10(2)14(18-12)16-8-11-9-19(3)6-7-20-11/h11H,4-9H2,1-3H3,(H,16,17,18). The molecule has 1 aromatic heterocycles. The molecule has 0 radical (unpaired) electrons. The van der Waals surface area contributed by atoms with E-state index in [2.05, 4.69) is 34.2 Å². The smallest absolute Gasteiger partial charge is 0.137 e. The summed E-state index contributed by atoms with van der Waals surface area (Å²) < 4.78 is 5.74. The number of nitrogens with zero attached hydrogens (tertiary/aromatic N) is 3. The van der Waals surface area contributed by atoms with Crippen LogP contribution in [0.2, 0.25) is 5.15 Å². The third kappa shape index (κ3) is 4.04. The molecule has 2 rings (SSSR count). The van der Waals surface area contributed by atoms with E-state index in [1.165, 1.54) is 0 Å². The highest BCUT2D eigenvalue weighted by atomic mass is 35.5. The van der Waals surface area contributed by atoms with E-state index >= 15 is 0 Å². The van der Waals surface area contributed by atoms with Crippen molar-refractivity contribution in [3.8, 4) is 0 Å². The number of ether oxygens (including phenoxy) is 1. The number of aromatic nitrogens is 2. The monoisotopic (exact) mass is 298 g/mol. The van der Waals surface area contributed by atoms with E-state index in [4.69, 9.17) is 16.3 Å². The van der Waals surface area contributed by atoms with Crippen LogP contribution >= 0.6 is 11.6 Å². The Morgan fingerprint density at radius 2 is 2.25 bits per heavy atom. The third-order valence-corrected chi connectivity index (χ3v) is 3.81. The molecule has 1 aliphatic rings. The normalized spacial score (nSPS) is 20.1. The van der Waals surface area contributed by atoms with Crippen molar-refractivity contribution in [1.29, 1.82) is 0 Å². The molecule has 1 N–H and O–H groups in total. The minimum Gasteiger partial charge on any atom is -0.374 e. The fraction of sp³-hybridized carbons (Fsp3) is 0.714. The van der Waals surface area contributed by atoms with Crippen LogP contribution in [0.25, 0.3) is 0 Å². The number of likely N-dealkylation sites (N-methyl/N-ethyl adjacent to an activating group) is 1. The number of hydrogen-bond acceptors (Lipinski definition) is 5. The molecule has 0 aromatic carbocycles. The van der Waals surface area contributed by atoms with Crippen molar-refractivity contribution in [2.24, 2.45) is 0 Å². The highest BCUT2D eigenvalue weighted by molar-refractivity contribution is 6.30. The number of rotatable bonds is 5. The molecule has 0 bridgehead atoms. The first-order chi connectivity index (χ1) is 9.60. The predicted octanol–water partition coefficient (Wildman–Crippen LogP) is 2.13. The number of halogens is 1. The lowest BCUT2D eigenvalue weighted by molar-refractivity contribution is -0.0117. The van der Waals surface area contributed by atoms with Crippen LogP contribution in [0.4, 0.5) is 5.82 Å². The molecule has 1 fully saturated rings. The van der Waals surface area contributed by atoms with Crippen LogP contribution in [0.3, 0.4) is 0 Å². The maximum absolute atomic E-state index is 6.17. The third-order valence-electron chi connectivity index (χ3n) is 3.45. The number of morpholine rings is 1. The van der Waals surface area contributed by atoms with Gasteiger partial charge in [0.05, 0.1) is 12.7 Å². The first-order valence-electron chi connectivity index (χ1n) is 7.17. The summed E-state index contributed by atoms with van der Waals surface area (Å²) >= 11 is 6.17. The van der Waals surface area contributed by atoms with Gasteiger partial charge in [0.25, 0.3) is 0 Å². The molecule has 0 amide bonds. The van der Waals surface area contributed by atoms with Crippen LogP contribution in [0.15, 0.2) is 0 Å². The minimum atomic E-state index is 0.191. The molecule has 0 spiro atoms. The summed E-state index contributed by atoms with van der Waals surface area (Å²) in [7, 11) is 2.11. The maximum atomic E-state index is 6.17. The Kier molecular flexibility index (Phi) is 5.57. The van der Waals surface area contributed by atoms with Gasteiger partial charge in [-0.05, 0) is 20.4 Å². The number of nitrogens with one attached hydrogen (secondary N) is 1. The van der Waals surface area contributed by atoms with Crippen molar-refractivity contribution < 1.29 is 4.74 Å². The SMILES string of the molecule is CCCc1nc(Cl)c(C)c(NCC2CN(C)CCO2)n1. The Bertz CT molecular complexity index is 455. The van der Waals surface area contributed by atoms with Gasteiger partial charge in [-0.15, -0.1) is 0 Å². The van der Waals surface area contributed by atoms with Gasteiger partial charge >= 0.3 is 0 Å². The summed E-state index contributed by atoms with van der Waals surface area (Å²) in [4.78, 5) is 11.1. The van der Waals surface area contributed by atoms with Crippen molar-refractivity contribution in [1.82, 2.24) is 14.9 Å². The lowest BCUT2D eigenvalue weighted by atomic mass is 10.2. The Morgan fingerprint density at radius 1 is 1.45 bits per heavy atom. The summed E-state index contributed by atoms with van der Waals surface area (Å²) in [5.74, 6) is 1.62. The molecule has 1 atom stereocenters. The van der Waals surface area contributed by atoms with Crippen LogP contribution < -0.4 is 5.32 Å². The topological polar surface area (TPSA) is 50.3 Å². The van der Waals surface area contributed by atoms with Crippen LogP contribution in [0.1, 0.15) is 24.7 Å². The Morgan fingerprint density at radius 3 is 2.95 bits per heavy atom. The average molecular weight is 299 g/mol. The van der Waals surface area contributed by atoms with Crippen LogP contribution in [-0.4, -0.2) is 54.3 Å². The molecule has 0 aliphatic carbocycles. The van der Waals surface area contributed by atoms with E-state index in [0.29, 0.717) is 5.15 Å². The molecule has 5 nitrogen and oxygen atoms in total. The van der Waals surface area contributed by atoms with Crippen molar-refractivity contribution in [3.63, 3.8) is 0 Å². The second-order valence-electron chi connectivity index (χ2n) is 5.29. The zero-order valence-corrected chi connectivity index (χ0v) is 13.2. The first kappa shape index (κ1) is 15.5. The van der Waals surface area contributed by atoms with Gasteiger partial charge in [-0.1, -0.05) is 18.5 Å². The predicted molar refractivity (Wildman–Crippen MR) is 81.5 cm³/mol. The maximum Gasteiger partial charge on any atom is 0.137 e. The molecule has 0 saturated carbocycles. The van der Waals surface area contributed by atoms with Gasteiger partial charge in [0, 0.05) is 31.6 Å². The minimum absolute atomic E-state index is 0.191. The van der Waals surface area contributed by atoms with Gasteiger partial charge in [-0.2, -0.15) is 0 Å². The van der Waals surface area contributed by atoms with E-state index in [1.54, 1.807) is 0 Å². The van der Waals surface area contributed by atoms with Crippen LogP contribution in [0, 0.1) is 6.92 Å². The molecule has 20 heavy (non-hydrogen) atoms. The van der Waals surface area contributed by atoms with Crippen molar-refractivity contribution >= 4 is 17.4 Å². The largest absolute Gasteiger partial charge is 0.374 e. The zero-order chi connectivity index (χ0) is 14.5. The van der Waals surface area contributed by atoms with Gasteiger partial charge < -0.3 is 15.0 Å². The molecule has 1 aliphatic heterocycles. The number of anilines is 1. The summed E-state index contributed by atoms with van der Waals surface area (Å²) in [5, 5.41) is 3.89. The fourth-order valence-electron chi connectivity index (χ4n) is 2.24. The second kappa shape index (κ2) is 7.20. The van der Waals surface area contributed by atoms with Gasteiger partial charge in [-0.3, -0.25) is 0 Å². The van der Waals surface area contributed by atoms with Gasteiger partial charge in [0.1, 0.15) is 16.8 Å². The molecular formula is C14H23ClN4O. The van der Waals surface area contributed by atoms with Gasteiger partial charge in [0.15, 0.2) is 0 Å². The number of hydrogen-bond donors (Lipinski definition) is 1. The first-order valence-corrected chi connectivity index (χ1v) is 7.55. The lowest BCUT2D eigenvalue weighted by Gasteiger charge is -2.30. The quantitative estimate of drug-likeness (QED) is 0.844. The molecule has 6 heteroatoms. The van der Waals surface area contributed by atoms with Crippen molar-refractivity contribution in [3.05, 3.63) is 16.5 Å².